The Hall–Kier alpha value is -1.14. The van der Waals surface area contributed by atoms with Crippen LogP contribution in [0.1, 0.15) is 32.1 Å². The molecule has 100 valence electrons. The highest BCUT2D eigenvalue weighted by molar-refractivity contribution is 7.89. The average Bonchev–Trinajstić information content (AvgIpc) is 2.39. The Labute approximate surface area is 108 Å². The lowest BCUT2D eigenvalue weighted by atomic mass is 9.96. The van der Waals surface area contributed by atoms with Gasteiger partial charge in [0.25, 0.3) is 10.0 Å². The zero-order valence-electron chi connectivity index (χ0n) is 10.5. The summed E-state index contributed by atoms with van der Waals surface area (Å²) in [4.78, 5) is 3.91. The smallest absolute Gasteiger partial charge is 0.260 e. The summed E-state index contributed by atoms with van der Waals surface area (Å²) in [5.41, 5.74) is 5.98. The monoisotopic (exact) mass is 269 g/mol. The van der Waals surface area contributed by atoms with Gasteiger partial charge in [-0.05, 0) is 25.0 Å². The van der Waals surface area contributed by atoms with Gasteiger partial charge in [-0.1, -0.05) is 19.3 Å². The molecule has 0 radical (unpaired) electrons. The lowest BCUT2D eigenvalue weighted by Crippen LogP contribution is -2.38. The number of rotatable bonds is 3. The number of sulfonamides is 1. The highest BCUT2D eigenvalue weighted by Crippen LogP contribution is 2.25. The van der Waals surface area contributed by atoms with Gasteiger partial charge in [0.15, 0.2) is 5.03 Å². The maximum atomic E-state index is 12.4. The predicted molar refractivity (Wildman–Crippen MR) is 70.5 cm³/mol. The molecule has 0 aliphatic heterocycles. The normalized spacial score (nSPS) is 18.1. The van der Waals surface area contributed by atoms with Crippen LogP contribution in [0.3, 0.4) is 0 Å². The fourth-order valence-electron chi connectivity index (χ4n) is 2.33. The van der Waals surface area contributed by atoms with Crippen LogP contribution < -0.4 is 5.73 Å². The van der Waals surface area contributed by atoms with E-state index in [0.717, 1.165) is 25.7 Å². The molecule has 0 atom stereocenters. The van der Waals surface area contributed by atoms with E-state index in [9.17, 15) is 8.42 Å². The van der Waals surface area contributed by atoms with Crippen LogP contribution in [0.25, 0.3) is 0 Å². The van der Waals surface area contributed by atoms with Crippen molar-refractivity contribution in [2.24, 2.45) is 0 Å². The second-order valence-corrected chi connectivity index (χ2v) is 6.69. The van der Waals surface area contributed by atoms with Crippen LogP contribution in [-0.4, -0.2) is 30.8 Å². The number of pyridine rings is 1. The van der Waals surface area contributed by atoms with Crippen molar-refractivity contribution in [3.8, 4) is 0 Å². The first-order chi connectivity index (χ1) is 8.51. The van der Waals surface area contributed by atoms with Crippen molar-refractivity contribution in [1.82, 2.24) is 9.29 Å². The molecule has 0 bridgehead atoms. The highest BCUT2D eigenvalue weighted by Gasteiger charge is 2.29. The summed E-state index contributed by atoms with van der Waals surface area (Å²) in [6.07, 6.45) is 6.64. The number of anilines is 1. The van der Waals surface area contributed by atoms with Gasteiger partial charge in [0.2, 0.25) is 0 Å². The van der Waals surface area contributed by atoms with E-state index in [-0.39, 0.29) is 11.1 Å². The number of hydrogen-bond donors (Lipinski definition) is 1. The van der Waals surface area contributed by atoms with Crippen molar-refractivity contribution in [2.75, 3.05) is 12.8 Å². The SMILES string of the molecule is CN(C1CCCCC1)S(=O)(=O)c1ccc(N)cn1. The minimum Gasteiger partial charge on any atom is -0.397 e. The maximum absolute atomic E-state index is 12.4. The van der Waals surface area contributed by atoms with Crippen LogP contribution in [0, 0.1) is 0 Å². The molecule has 1 aromatic rings. The van der Waals surface area contributed by atoms with Crippen molar-refractivity contribution in [3.05, 3.63) is 18.3 Å². The lowest BCUT2D eigenvalue weighted by Gasteiger charge is -2.30. The number of nitrogens with zero attached hydrogens (tertiary/aromatic N) is 2. The van der Waals surface area contributed by atoms with E-state index in [0.29, 0.717) is 5.69 Å². The number of nitrogen functional groups attached to an aromatic ring is 1. The quantitative estimate of drug-likeness (QED) is 0.904. The Morgan fingerprint density at radius 3 is 2.50 bits per heavy atom. The first-order valence-electron chi connectivity index (χ1n) is 6.21. The minimum absolute atomic E-state index is 0.0739. The first kappa shape index (κ1) is 13.3. The largest absolute Gasteiger partial charge is 0.397 e. The Morgan fingerprint density at radius 2 is 1.94 bits per heavy atom. The van der Waals surface area contributed by atoms with Gasteiger partial charge in [0, 0.05) is 13.1 Å². The van der Waals surface area contributed by atoms with E-state index in [4.69, 9.17) is 5.73 Å². The first-order valence-corrected chi connectivity index (χ1v) is 7.65. The molecular weight excluding hydrogens is 250 g/mol. The van der Waals surface area contributed by atoms with E-state index in [2.05, 4.69) is 4.98 Å². The standard InChI is InChI=1S/C12H19N3O2S/c1-15(11-5-3-2-4-6-11)18(16,17)12-8-7-10(13)9-14-12/h7-9,11H,2-6,13H2,1H3. The summed E-state index contributed by atoms with van der Waals surface area (Å²) in [6, 6.07) is 3.13. The van der Waals surface area contributed by atoms with Crippen molar-refractivity contribution < 1.29 is 8.42 Å². The molecule has 0 aromatic carbocycles. The molecule has 18 heavy (non-hydrogen) atoms. The molecule has 1 fully saturated rings. The van der Waals surface area contributed by atoms with E-state index < -0.39 is 10.0 Å². The number of nitrogens with two attached hydrogens (primary N) is 1. The zero-order valence-corrected chi connectivity index (χ0v) is 11.4. The predicted octanol–water partition coefficient (Wildman–Crippen LogP) is 1.62. The number of aromatic nitrogens is 1. The molecular formula is C12H19N3O2S. The summed E-state index contributed by atoms with van der Waals surface area (Å²) in [5.74, 6) is 0. The molecule has 0 spiro atoms. The van der Waals surface area contributed by atoms with Gasteiger partial charge >= 0.3 is 0 Å². The van der Waals surface area contributed by atoms with Crippen LogP contribution in [0.15, 0.2) is 23.4 Å². The Morgan fingerprint density at radius 1 is 1.28 bits per heavy atom. The zero-order chi connectivity index (χ0) is 13.2. The molecule has 2 rings (SSSR count). The van der Waals surface area contributed by atoms with Crippen molar-refractivity contribution in [1.29, 1.82) is 0 Å². The third-order valence-electron chi connectivity index (χ3n) is 3.49. The van der Waals surface area contributed by atoms with Crippen LogP contribution in [0.2, 0.25) is 0 Å². The van der Waals surface area contributed by atoms with Gasteiger partial charge in [-0.2, -0.15) is 4.31 Å². The molecule has 1 aliphatic rings. The second kappa shape index (κ2) is 5.24. The minimum atomic E-state index is -3.49. The van der Waals surface area contributed by atoms with E-state index in [1.807, 2.05) is 0 Å². The lowest BCUT2D eigenvalue weighted by molar-refractivity contribution is 0.285. The molecule has 1 aromatic heterocycles. The maximum Gasteiger partial charge on any atom is 0.260 e. The summed E-state index contributed by atoms with van der Waals surface area (Å²) in [7, 11) is -1.85. The van der Waals surface area contributed by atoms with Crippen LogP contribution in [0.4, 0.5) is 5.69 Å². The van der Waals surface area contributed by atoms with Gasteiger partial charge in [0.1, 0.15) is 0 Å². The third-order valence-corrected chi connectivity index (χ3v) is 5.32. The Bertz CT molecular complexity index is 493. The molecule has 1 aliphatic carbocycles. The van der Waals surface area contributed by atoms with Gasteiger partial charge in [0.05, 0.1) is 11.9 Å². The van der Waals surface area contributed by atoms with Crippen LogP contribution in [0.5, 0.6) is 0 Å². The van der Waals surface area contributed by atoms with Gasteiger partial charge in [-0.3, -0.25) is 0 Å². The fraction of sp³-hybridized carbons (Fsp3) is 0.583. The highest BCUT2D eigenvalue weighted by atomic mass is 32.2. The van der Waals surface area contributed by atoms with E-state index in [1.165, 1.54) is 23.0 Å². The summed E-state index contributed by atoms with van der Waals surface area (Å²) in [6.45, 7) is 0. The summed E-state index contributed by atoms with van der Waals surface area (Å²) >= 11 is 0. The van der Waals surface area contributed by atoms with Gasteiger partial charge in [-0.15, -0.1) is 0 Å². The molecule has 1 heterocycles. The molecule has 2 N–H and O–H groups in total. The third kappa shape index (κ3) is 2.64. The average molecular weight is 269 g/mol. The van der Waals surface area contributed by atoms with E-state index in [1.54, 1.807) is 13.1 Å². The van der Waals surface area contributed by atoms with Crippen LogP contribution in [-0.2, 0) is 10.0 Å². The molecule has 5 nitrogen and oxygen atoms in total. The topological polar surface area (TPSA) is 76.3 Å². The molecule has 1 saturated carbocycles. The van der Waals surface area contributed by atoms with Gasteiger partial charge in [-0.25, -0.2) is 13.4 Å². The summed E-state index contributed by atoms with van der Waals surface area (Å²) in [5, 5.41) is 0.0739. The van der Waals surface area contributed by atoms with Crippen LogP contribution >= 0.6 is 0 Å². The van der Waals surface area contributed by atoms with Crippen molar-refractivity contribution >= 4 is 15.7 Å². The molecule has 0 unspecified atom stereocenters. The van der Waals surface area contributed by atoms with Crippen molar-refractivity contribution in [2.45, 2.75) is 43.2 Å². The molecule has 6 heteroatoms. The van der Waals surface area contributed by atoms with E-state index >= 15 is 0 Å². The van der Waals surface area contributed by atoms with Gasteiger partial charge < -0.3 is 5.73 Å². The Kier molecular flexibility index (Phi) is 3.87. The Balaban J connectivity index is 2.21. The van der Waals surface area contributed by atoms with Crippen molar-refractivity contribution in [3.63, 3.8) is 0 Å². The molecule has 0 saturated heterocycles. The molecule has 0 amide bonds. The number of hydrogen-bond acceptors (Lipinski definition) is 4. The summed E-state index contributed by atoms with van der Waals surface area (Å²) < 4.78 is 26.2. The fourth-order valence-corrected chi connectivity index (χ4v) is 3.66. The second-order valence-electron chi connectivity index (χ2n) is 4.74.